The summed E-state index contributed by atoms with van der Waals surface area (Å²) in [4.78, 5) is 5.51. The average molecular weight is 161 g/mol. The monoisotopic (exact) mass is 160 g/mol. The Morgan fingerprint density at radius 2 is 2.20 bits per heavy atom. The molecule has 0 radical (unpaired) electrons. The summed E-state index contributed by atoms with van der Waals surface area (Å²) in [6.45, 7) is 7.44. The van der Waals surface area contributed by atoms with E-state index in [0.717, 1.165) is 0 Å². The lowest BCUT2D eigenvalue weighted by Crippen LogP contribution is -2.19. The van der Waals surface area contributed by atoms with E-state index in [1.165, 1.54) is 0 Å². The Labute approximate surface area is 67.2 Å². The van der Waals surface area contributed by atoms with Crippen molar-refractivity contribution in [3.63, 3.8) is 0 Å². The molecule has 3 heteroatoms. The molecule has 0 aromatic rings. The van der Waals surface area contributed by atoms with Crippen molar-refractivity contribution in [2.45, 2.75) is 19.9 Å². The van der Waals surface area contributed by atoms with Gasteiger partial charge in [-0.1, -0.05) is 11.6 Å². The Hall–Kier alpha value is -0.500. The van der Waals surface area contributed by atoms with Gasteiger partial charge in [0.2, 0.25) is 0 Å². The Morgan fingerprint density at radius 3 is 2.50 bits per heavy atom. The minimum Gasteiger partial charge on any atom is -0.376 e. The van der Waals surface area contributed by atoms with Crippen LogP contribution >= 0.6 is 11.6 Å². The summed E-state index contributed by atoms with van der Waals surface area (Å²) in [6, 6.07) is 0.440. The van der Waals surface area contributed by atoms with Crippen molar-refractivity contribution in [2.75, 3.05) is 7.05 Å². The van der Waals surface area contributed by atoms with E-state index in [9.17, 15) is 0 Å². The highest BCUT2D eigenvalue weighted by Crippen LogP contribution is 2.04. The molecule has 0 fully saturated rings. The van der Waals surface area contributed by atoms with Crippen LogP contribution < -0.4 is 0 Å². The number of hydrogen-bond donors (Lipinski definition) is 0. The topological polar surface area (TPSA) is 15.6 Å². The van der Waals surface area contributed by atoms with Crippen molar-refractivity contribution in [1.82, 2.24) is 4.90 Å². The van der Waals surface area contributed by atoms with Gasteiger partial charge >= 0.3 is 0 Å². The maximum atomic E-state index is 5.59. The summed E-state index contributed by atoms with van der Waals surface area (Å²) in [6.07, 6.45) is 1.75. The quantitative estimate of drug-likeness (QED) is 0.456. The zero-order chi connectivity index (χ0) is 8.15. The predicted octanol–water partition coefficient (Wildman–Crippen LogP) is 2.06. The van der Waals surface area contributed by atoms with Crippen LogP contribution in [-0.4, -0.2) is 24.7 Å². The van der Waals surface area contributed by atoms with E-state index < -0.39 is 0 Å². The van der Waals surface area contributed by atoms with E-state index in [4.69, 9.17) is 11.6 Å². The van der Waals surface area contributed by atoms with Gasteiger partial charge in [0.25, 0.3) is 0 Å². The van der Waals surface area contributed by atoms with Crippen LogP contribution in [0.1, 0.15) is 13.8 Å². The fourth-order valence-corrected chi connectivity index (χ4v) is 0.512. The lowest BCUT2D eigenvalue weighted by Gasteiger charge is -2.18. The maximum Gasteiger partial charge on any atom is 0.144 e. The van der Waals surface area contributed by atoms with Gasteiger partial charge in [-0.25, -0.2) is 0 Å². The van der Waals surface area contributed by atoms with E-state index in [-0.39, 0.29) is 0 Å². The van der Waals surface area contributed by atoms with Crippen LogP contribution in [0.3, 0.4) is 0 Å². The van der Waals surface area contributed by atoms with Crippen LogP contribution in [0.5, 0.6) is 0 Å². The molecule has 0 heterocycles. The van der Waals surface area contributed by atoms with Crippen LogP contribution in [0.25, 0.3) is 0 Å². The zero-order valence-corrected chi connectivity index (χ0v) is 7.39. The second-order valence-electron chi connectivity index (χ2n) is 2.37. The fraction of sp³-hybridized carbons (Fsp3) is 0.571. The number of halogens is 1. The minimum atomic E-state index is 0.427. The number of aliphatic imine (C=N–C) groups is 1. The van der Waals surface area contributed by atoms with Gasteiger partial charge in [0.05, 0.1) is 0 Å². The molecule has 0 aromatic carbocycles. The van der Waals surface area contributed by atoms with Gasteiger partial charge in [-0.15, -0.1) is 0 Å². The first-order valence-electron chi connectivity index (χ1n) is 3.14. The lowest BCUT2D eigenvalue weighted by atomic mass is 10.4. The molecular formula is C7H13ClN2. The Bertz CT molecular complexity index is 141. The normalized spacial score (nSPS) is 11.9. The molecule has 0 aliphatic rings. The molecule has 0 N–H and O–H groups in total. The van der Waals surface area contributed by atoms with Crippen molar-refractivity contribution in [3.8, 4) is 0 Å². The summed E-state index contributed by atoms with van der Waals surface area (Å²) < 4.78 is 0. The van der Waals surface area contributed by atoms with Gasteiger partial charge in [0.1, 0.15) is 5.16 Å². The van der Waals surface area contributed by atoms with Gasteiger partial charge < -0.3 is 4.90 Å². The standard InChI is InChI=1S/C7H13ClN2/c1-6(2)10(4)5-7(8)9-3/h5-6H,3H2,1-2,4H3/b7-5-. The van der Waals surface area contributed by atoms with Gasteiger partial charge in [0.15, 0.2) is 0 Å². The highest BCUT2D eigenvalue weighted by atomic mass is 35.5. The highest BCUT2D eigenvalue weighted by molar-refractivity contribution is 6.29. The first kappa shape index (κ1) is 9.50. The zero-order valence-electron chi connectivity index (χ0n) is 6.63. The van der Waals surface area contributed by atoms with Crippen molar-refractivity contribution in [2.24, 2.45) is 4.99 Å². The van der Waals surface area contributed by atoms with Crippen LogP contribution in [0.4, 0.5) is 0 Å². The molecule has 0 atom stereocenters. The molecule has 0 rings (SSSR count). The molecule has 0 aromatic heterocycles. The Kier molecular flexibility index (Phi) is 4.12. The molecule has 0 bridgehead atoms. The largest absolute Gasteiger partial charge is 0.376 e. The third-order valence-corrected chi connectivity index (χ3v) is 1.49. The average Bonchev–Trinajstić information content (AvgIpc) is 1.87. The number of hydrogen-bond acceptors (Lipinski definition) is 2. The number of rotatable bonds is 3. The first-order chi connectivity index (χ1) is 4.57. The maximum absolute atomic E-state index is 5.59. The third kappa shape index (κ3) is 3.51. The van der Waals surface area contributed by atoms with E-state index in [2.05, 4.69) is 25.6 Å². The van der Waals surface area contributed by atoms with E-state index in [0.29, 0.717) is 11.2 Å². The van der Waals surface area contributed by atoms with Crippen LogP contribution in [0, 0.1) is 0 Å². The molecular weight excluding hydrogens is 148 g/mol. The molecule has 0 aliphatic carbocycles. The smallest absolute Gasteiger partial charge is 0.144 e. The highest BCUT2D eigenvalue weighted by Gasteiger charge is 1.97. The van der Waals surface area contributed by atoms with Gasteiger partial charge in [-0.05, 0) is 20.6 Å². The molecule has 0 aliphatic heterocycles. The van der Waals surface area contributed by atoms with Crippen LogP contribution in [-0.2, 0) is 0 Å². The fourth-order valence-electron chi connectivity index (χ4n) is 0.358. The van der Waals surface area contributed by atoms with E-state index in [1.54, 1.807) is 6.20 Å². The van der Waals surface area contributed by atoms with Crippen LogP contribution in [0.15, 0.2) is 16.3 Å². The summed E-state index contributed by atoms with van der Waals surface area (Å²) in [5.74, 6) is 0. The summed E-state index contributed by atoms with van der Waals surface area (Å²) >= 11 is 5.59. The SMILES string of the molecule is C=N/C(Cl)=C\N(C)C(C)C. The lowest BCUT2D eigenvalue weighted by molar-refractivity contribution is 0.374. The van der Waals surface area contributed by atoms with Gasteiger partial charge in [-0.3, -0.25) is 4.99 Å². The first-order valence-corrected chi connectivity index (χ1v) is 3.51. The van der Waals surface area contributed by atoms with Crippen molar-refractivity contribution >= 4 is 18.3 Å². The minimum absolute atomic E-state index is 0.427. The second kappa shape index (κ2) is 4.34. The second-order valence-corrected chi connectivity index (χ2v) is 2.76. The van der Waals surface area contributed by atoms with E-state index in [1.807, 2.05) is 11.9 Å². The molecule has 0 saturated carbocycles. The molecule has 0 spiro atoms. The molecule has 10 heavy (non-hydrogen) atoms. The van der Waals surface area contributed by atoms with Crippen molar-refractivity contribution in [3.05, 3.63) is 11.4 Å². The molecule has 58 valence electrons. The Balaban J connectivity index is 3.98. The van der Waals surface area contributed by atoms with Gasteiger partial charge in [-0.2, -0.15) is 0 Å². The number of nitrogens with zero attached hydrogens (tertiary/aromatic N) is 2. The van der Waals surface area contributed by atoms with E-state index >= 15 is 0 Å². The van der Waals surface area contributed by atoms with Gasteiger partial charge in [0, 0.05) is 19.3 Å². The third-order valence-electron chi connectivity index (χ3n) is 1.28. The molecule has 0 saturated heterocycles. The molecule has 0 amide bonds. The Morgan fingerprint density at radius 1 is 1.70 bits per heavy atom. The summed E-state index contributed by atoms with van der Waals surface area (Å²) in [7, 11) is 1.94. The van der Waals surface area contributed by atoms with Crippen molar-refractivity contribution < 1.29 is 0 Å². The summed E-state index contributed by atoms with van der Waals surface area (Å²) in [5, 5.41) is 0.427. The molecule has 0 unspecified atom stereocenters. The van der Waals surface area contributed by atoms with Crippen molar-refractivity contribution in [1.29, 1.82) is 0 Å². The molecule has 2 nitrogen and oxygen atoms in total. The van der Waals surface area contributed by atoms with Crippen LogP contribution in [0.2, 0.25) is 0 Å². The predicted molar refractivity (Wildman–Crippen MR) is 46.4 cm³/mol. The summed E-state index contributed by atoms with van der Waals surface area (Å²) in [5.41, 5.74) is 0.